The number of hydrazine groups is 1. The maximum absolute atomic E-state index is 13.2. The van der Waals surface area contributed by atoms with E-state index >= 15 is 0 Å². The Labute approximate surface area is 122 Å². The number of halogens is 1. The van der Waals surface area contributed by atoms with Crippen molar-refractivity contribution >= 4 is 11.0 Å². The molecule has 21 heavy (non-hydrogen) atoms. The predicted octanol–water partition coefficient (Wildman–Crippen LogP) is 3.63. The quantitative estimate of drug-likeness (QED) is 0.568. The molecule has 0 aliphatic rings. The van der Waals surface area contributed by atoms with Crippen molar-refractivity contribution in [2.45, 2.75) is 19.4 Å². The van der Waals surface area contributed by atoms with Crippen molar-refractivity contribution in [2.75, 3.05) is 0 Å². The molecule has 0 fully saturated rings. The van der Waals surface area contributed by atoms with E-state index in [4.69, 9.17) is 10.3 Å². The molecule has 0 saturated heterocycles. The summed E-state index contributed by atoms with van der Waals surface area (Å²) in [6.45, 7) is 1.90. The number of hydrogen-bond acceptors (Lipinski definition) is 3. The maximum atomic E-state index is 13.2. The van der Waals surface area contributed by atoms with Crippen LogP contribution in [0.1, 0.15) is 22.7 Å². The van der Waals surface area contributed by atoms with Gasteiger partial charge in [-0.25, -0.2) is 4.39 Å². The summed E-state index contributed by atoms with van der Waals surface area (Å²) in [7, 11) is 0. The maximum Gasteiger partial charge on any atom is 0.134 e. The molecule has 1 heterocycles. The first-order chi connectivity index (χ1) is 10.2. The molecule has 3 N–H and O–H groups in total. The van der Waals surface area contributed by atoms with Gasteiger partial charge in [-0.1, -0.05) is 24.3 Å². The number of fused-ring (bicyclic) bond motifs is 1. The molecule has 108 valence electrons. The smallest absolute Gasteiger partial charge is 0.134 e. The first kappa shape index (κ1) is 13.8. The Bertz CT molecular complexity index is 766. The van der Waals surface area contributed by atoms with Gasteiger partial charge in [0.25, 0.3) is 0 Å². The lowest BCUT2D eigenvalue weighted by molar-refractivity contribution is 0.535. The summed E-state index contributed by atoms with van der Waals surface area (Å²) in [5.41, 5.74) is 6.66. The molecule has 0 bridgehead atoms. The highest BCUT2D eigenvalue weighted by Gasteiger charge is 2.17. The molecular formula is C17H17FN2O. The van der Waals surface area contributed by atoms with Crippen molar-refractivity contribution in [1.82, 2.24) is 5.43 Å². The van der Waals surface area contributed by atoms with E-state index in [1.54, 1.807) is 12.3 Å². The van der Waals surface area contributed by atoms with E-state index in [0.717, 1.165) is 27.7 Å². The van der Waals surface area contributed by atoms with Crippen molar-refractivity contribution in [3.05, 3.63) is 71.2 Å². The lowest BCUT2D eigenvalue weighted by Gasteiger charge is -2.16. The number of para-hydroxylation sites is 1. The third-order valence-corrected chi connectivity index (χ3v) is 3.82. The minimum atomic E-state index is -0.220. The standard InChI is InChI=1S/C17H17FN2O/c1-11-8-13(18)7-6-12(11)9-16(20-19)15-10-21-17-5-3-2-4-14(15)17/h2-8,10,16,20H,9,19H2,1H3. The summed E-state index contributed by atoms with van der Waals surface area (Å²) in [5, 5.41) is 1.04. The van der Waals surface area contributed by atoms with Crippen LogP contribution in [0.25, 0.3) is 11.0 Å². The number of furan rings is 1. The van der Waals surface area contributed by atoms with Gasteiger partial charge in [-0.3, -0.25) is 11.3 Å². The predicted molar refractivity (Wildman–Crippen MR) is 81.1 cm³/mol. The third kappa shape index (κ3) is 2.68. The Hall–Kier alpha value is -2.17. The normalized spacial score (nSPS) is 12.7. The van der Waals surface area contributed by atoms with E-state index in [0.29, 0.717) is 6.42 Å². The van der Waals surface area contributed by atoms with Crippen LogP contribution in [-0.2, 0) is 6.42 Å². The van der Waals surface area contributed by atoms with Crippen LogP contribution < -0.4 is 11.3 Å². The van der Waals surface area contributed by atoms with Crippen molar-refractivity contribution < 1.29 is 8.81 Å². The molecule has 3 rings (SSSR count). The highest BCUT2D eigenvalue weighted by Crippen LogP contribution is 2.28. The van der Waals surface area contributed by atoms with E-state index in [1.165, 1.54) is 12.1 Å². The Morgan fingerprint density at radius 2 is 2.05 bits per heavy atom. The molecule has 1 atom stereocenters. The largest absolute Gasteiger partial charge is 0.464 e. The summed E-state index contributed by atoms with van der Waals surface area (Å²) in [6, 6.07) is 12.6. The van der Waals surface area contributed by atoms with Gasteiger partial charge in [-0.15, -0.1) is 0 Å². The molecule has 0 aliphatic heterocycles. The van der Waals surface area contributed by atoms with Gasteiger partial charge in [0.2, 0.25) is 0 Å². The van der Waals surface area contributed by atoms with E-state index < -0.39 is 0 Å². The third-order valence-electron chi connectivity index (χ3n) is 3.82. The zero-order chi connectivity index (χ0) is 14.8. The number of aryl methyl sites for hydroxylation is 1. The van der Waals surface area contributed by atoms with Crippen LogP contribution in [-0.4, -0.2) is 0 Å². The summed E-state index contributed by atoms with van der Waals surface area (Å²) < 4.78 is 18.8. The fourth-order valence-electron chi connectivity index (χ4n) is 2.64. The second-order valence-corrected chi connectivity index (χ2v) is 5.18. The molecule has 0 spiro atoms. The molecule has 0 aliphatic carbocycles. The Morgan fingerprint density at radius 1 is 1.24 bits per heavy atom. The molecule has 4 heteroatoms. The van der Waals surface area contributed by atoms with Crippen LogP contribution in [0.3, 0.4) is 0 Å². The number of nitrogens with one attached hydrogen (secondary N) is 1. The minimum absolute atomic E-state index is 0.0854. The fraction of sp³-hybridized carbons (Fsp3) is 0.176. The van der Waals surface area contributed by atoms with Crippen molar-refractivity contribution in [3.8, 4) is 0 Å². The van der Waals surface area contributed by atoms with Gasteiger partial charge < -0.3 is 4.42 Å². The minimum Gasteiger partial charge on any atom is -0.464 e. The van der Waals surface area contributed by atoms with Gasteiger partial charge in [-0.2, -0.15) is 0 Å². The van der Waals surface area contributed by atoms with E-state index in [1.807, 2.05) is 31.2 Å². The Kier molecular flexibility index (Phi) is 3.73. The number of hydrogen-bond donors (Lipinski definition) is 2. The molecular weight excluding hydrogens is 267 g/mol. The molecule has 1 aromatic heterocycles. The summed E-state index contributed by atoms with van der Waals surface area (Å²) >= 11 is 0. The lowest BCUT2D eigenvalue weighted by atomic mass is 9.96. The first-order valence-electron chi connectivity index (χ1n) is 6.86. The topological polar surface area (TPSA) is 51.2 Å². The zero-order valence-corrected chi connectivity index (χ0v) is 11.8. The highest BCUT2D eigenvalue weighted by molar-refractivity contribution is 5.81. The van der Waals surface area contributed by atoms with Gasteiger partial charge >= 0.3 is 0 Å². The first-order valence-corrected chi connectivity index (χ1v) is 6.86. The fourth-order valence-corrected chi connectivity index (χ4v) is 2.64. The lowest BCUT2D eigenvalue weighted by Crippen LogP contribution is -2.29. The van der Waals surface area contributed by atoms with Gasteiger partial charge in [0.15, 0.2) is 0 Å². The van der Waals surface area contributed by atoms with Crippen molar-refractivity contribution in [1.29, 1.82) is 0 Å². The highest BCUT2D eigenvalue weighted by atomic mass is 19.1. The van der Waals surface area contributed by atoms with Crippen LogP contribution in [0.2, 0.25) is 0 Å². The van der Waals surface area contributed by atoms with Crippen molar-refractivity contribution in [2.24, 2.45) is 5.84 Å². The van der Waals surface area contributed by atoms with Crippen LogP contribution in [0.15, 0.2) is 53.1 Å². The van der Waals surface area contributed by atoms with Crippen LogP contribution in [0.5, 0.6) is 0 Å². The van der Waals surface area contributed by atoms with Crippen molar-refractivity contribution in [3.63, 3.8) is 0 Å². The van der Waals surface area contributed by atoms with E-state index in [9.17, 15) is 4.39 Å². The van der Waals surface area contributed by atoms with Crippen LogP contribution in [0, 0.1) is 12.7 Å². The van der Waals surface area contributed by atoms with Gasteiger partial charge in [0.05, 0.1) is 12.3 Å². The molecule has 3 aromatic rings. The zero-order valence-electron chi connectivity index (χ0n) is 11.8. The summed E-state index contributed by atoms with van der Waals surface area (Å²) in [5.74, 6) is 5.50. The molecule has 2 aromatic carbocycles. The molecule has 3 nitrogen and oxygen atoms in total. The Balaban J connectivity index is 1.95. The average molecular weight is 284 g/mol. The monoisotopic (exact) mass is 284 g/mol. The summed E-state index contributed by atoms with van der Waals surface area (Å²) in [6.07, 6.45) is 2.40. The molecule has 0 radical (unpaired) electrons. The summed E-state index contributed by atoms with van der Waals surface area (Å²) in [4.78, 5) is 0. The average Bonchev–Trinajstić information content (AvgIpc) is 2.91. The molecule has 0 amide bonds. The van der Waals surface area contributed by atoms with Crippen LogP contribution in [0.4, 0.5) is 4.39 Å². The Morgan fingerprint density at radius 3 is 2.81 bits per heavy atom. The van der Waals surface area contributed by atoms with Gasteiger partial charge in [-0.05, 0) is 42.7 Å². The van der Waals surface area contributed by atoms with Gasteiger partial charge in [0.1, 0.15) is 11.4 Å². The molecule has 0 saturated carbocycles. The number of benzene rings is 2. The van der Waals surface area contributed by atoms with Crippen LogP contribution >= 0.6 is 0 Å². The van der Waals surface area contributed by atoms with Gasteiger partial charge in [0, 0.05) is 10.9 Å². The SMILES string of the molecule is Cc1cc(F)ccc1CC(NN)c1coc2ccccc12. The van der Waals surface area contributed by atoms with E-state index in [2.05, 4.69) is 5.43 Å². The second-order valence-electron chi connectivity index (χ2n) is 5.18. The number of rotatable bonds is 4. The second kappa shape index (κ2) is 5.68. The molecule has 1 unspecified atom stereocenters. The number of nitrogens with two attached hydrogens (primary N) is 1. The van der Waals surface area contributed by atoms with E-state index in [-0.39, 0.29) is 11.9 Å².